The van der Waals surface area contributed by atoms with Gasteiger partial charge in [0.15, 0.2) is 0 Å². The van der Waals surface area contributed by atoms with Gasteiger partial charge in [-0.15, -0.1) is 0 Å². The molecule has 2 aromatic rings. The van der Waals surface area contributed by atoms with E-state index in [1.807, 2.05) is 26.0 Å². The van der Waals surface area contributed by atoms with Crippen molar-refractivity contribution in [3.63, 3.8) is 0 Å². The van der Waals surface area contributed by atoms with Crippen molar-refractivity contribution < 1.29 is 13.9 Å². The Morgan fingerprint density at radius 1 is 1.11 bits per heavy atom. The van der Waals surface area contributed by atoms with Gasteiger partial charge in [0, 0.05) is 17.0 Å². The van der Waals surface area contributed by atoms with Crippen molar-refractivity contribution in [3.8, 4) is 0 Å². The number of aryl methyl sites for hydroxylation is 2. The summed E-state index contributed by atoms with van der Waals surface area (Å²) in [7, 11) is 0. The Bertz CT molecular complexity index is 964. The number of benzene rings is 1. The maximum atomic E-state index is 12.7. The molecule has 1 heterocycles. The zero-order valence-electron chi connectivity index (χ0n) is 16.8. The van der Waals surface area contributed by atoms with Gasteiger partial charge in [-0.3, -0.25) is 4.79 Å². The number of fused-ring (bicyclic) bond motifs is 1. The van der Waals surface area contributed by atoms with Crippen molar-refractivity contribution in [1.82, 2.24) is 0 Å². The summed E-state index contributed by atoms with van der Waals surface area (Å²) in [6, 6.07) is 5.41. The fraction of sp³-hybridized carbons (Fsp3) is 0.583. The molecule has 28 heavy (non-hydrogen) atoms. The van der Waals surface area contributed by atoms with Gasteiger partial charge in [0.1, 0.15) is 12.2 Å². The standard InChI is InChI=1S/C24H28O4/c1-14-3-4-20-19(8-21(25)28-23(20)15(14)2)13-27-22(26)12-24-9-16-5-17(10-24)7-18(6-16)11-24/h3-4,8,16-18H,5-7,9-13H2,1-2H3. The van der Waals surface area contributed by atoms with Crippen LogP contribution in [0.2, 0.25) is 0 Å². The topological polar surface area (TPSA) is 56.5 Å². The molecular weight excluding hydrogens is 352 g/mol. The van der Waals surface area contributed by atoms with Crippen LogP contribution in [-0.2, 0) is 16.1 Å². The van der Waals surface area contributed by atoms with Gasteiger partial charge < -0.3 is 9.15 Å². The van der Waals surface area contributed by atoms with E-state index in [1.165, 1.54) is 44.6 Å². The van der Waals surface area contributed by atoms with Crippen molar-refractivity contribution in [1.29, 1.82) is 0 Å². The van der Waals surface area contributed by atoms with Crippen molar-refractivity contribution >= 4 is 16.9 Å². The van der Waals surface area contributed by atoms with Gasteiger partial charge in [-0.2, -0.15) is 0 Å². The third-order valence-electron chi connectivity index (χ3n) is 7.59. The first kappa shape index (κ1) is 18.0. The maximum Gasteiger partial charge on any atom is 0.336 e. The Morgan fingerprint density at radius 2 is 1.75 bits per heavy atom. The molecule has 4 aliphatic rings. The van der Waals surface area contributed by atoms with Crippen LogP contribution in [-0.4, -0.2) is 5.97 Å². The summed E-state index contributed by atoms with van der Waals surface area (Å²) in [6.07, 6.45) is 8.25. The van der Waals surface area contributed by atoms with Crippen molar-refractivity contribution in [2.75, 3.05) is 0 Å². The summed E-state index contributed by atoms with van der Waals surface area (Å²) < 4.78 is 11.1. The summed E-state index contributed by atoms with van der Waals surface area (Å²) in [5, 5.41) is 0.852. The van der Waals surface area contributed by atoms with Crippen molar-refractivity contribution in [2.24, 2.45) is 23.2 Å². The molecule has 0 unspecified atom stereocenters. The number of esters is 1. The Labute approximate surface area is 165 Å². The Hall–Kier alpha value is -2.10. The largest absolute Gasteiger partial charge is 0.461 e. The van der Waals surface area contributed by atoms with Crippen LogP contribution in [0.15, 0.2) is 27.4 Å². The Balaban J connectivity index is 1.32. The van der Waals surface area contributed by atoms with E-state index in [1.54, 1.807) is 0 Å². The van der Waals surface area contributed by atoms with Crippen molar-refractivity contribution in [3.05, 3.63) is 45.3 Å². The molecule has 4 fully saturated rings. The van der Waals surface area contributed by atoms with Crippen LogP contribution in [0.1, 0.15) is 61.6 Å². The number of carbonyl (C=O) groups is 1. The smallest absolute Gasteiger partial charge is 0.336 e. The third kappa shape index (κ3) is 3.07. The van der Waals surface area contributed by atoms with Gasteiger partial charge in [-0.25, -0.2) is 4.79 Å². The van der Waals surface area contributed by atoms with Crippen molar-refractivity contribution in [2.45, 2.75) is 65.4 Å². The lowest BCUT2D eigenvalue weighted by Gasteiger charge is -2.56. The highest BCUT2D eigenvalue weighted by atomic mass is 16.5. The summed E-state index contributed by atoms with van der Waals surface area (Å²) in [5.74, 6) is 2.36. The van der Waals surface area contributed by atoms with E-state index in [0.717, 1.165) is 39.8 Å². The average Bonchev–Trinajstić information content (AvgIpc) is 2.61. The van der Waals surface area contributed by atoms with Crippen LogP contribution < -0.4 is 5.63 Å². The molecule has 0 aliphatic heterocycles. The summed E-state index contributed by atoms with van der Waals surface area (Å²) in [6.45, 7) is 4.08. The predicted molar refractivity (Wildman–Crippen MR) is 107 cm³/mol. The monoisotopic (exact) mass is 380 g/mol. The molecule has 4 saturated carbocycles. The molecule has 148 valence electrons. The molecule has 4 heteroatoms. The van der Waals surface area contributed by atoms with E-state index in [9.17, 15) is 9.59 Å². The molecule has 0 radical (unpaired) electrons. The van der Waals surface area contributed by atoms with Gasteiger partial charge in [0.2, 0.25) is 0 Å². The molecule has 4 bridgehead atoms. The van der Waals surface area contributed by atoms with E-state index in [2.05, 4.69) is 0 Å². The lowest BCUT2D eigenvalue weighted by molar-refractivity contribution is -0.153. The van der Waals surface area contributed by atoms with Crippen LogP contribution in [0.3, 0.4) is 0 Å². The number of hydrogen-bond acceptors (Lipinski definition) is 4. The molecule has 6 rings (SSSR count). The average molecular weight is 380 g/mol. The quantitative estimate of drug-likeness (QED) is 0.549. The van der Waals surface area contributed by atoms with Crippen LogP contribution in [0.5, 0.6) is 0 Å². The minimum Gasteiger partial charge on any atom is -0.461 e. The van der Waals surface area contributed by atoms with E-state index in [4.69, 9.17) is 9.15 Å². The van der Waals surface area contributed by atoms with E-state index < -0.39 is 5.63 Å². The van der Waals surface area contributed by atoms with Crippen LogP contribution in [0, 0.1) is 37.0 Å². The number of rotatable bonds is 4. The maximum absolute atomic E-state index is 12.7. The molecule has 1 aromatic heterocycles. The molecule has 0 atom stereocenters. The summed E-state index contributed by atoms with van der Waals surface area (Å²) in [5.41, 5.74) is 3.14. The first-order valence-electron chi connectivity index (χ1n) is 10.6. The van der Waals surface area contributed by atoms with Gasteiger partial charge in [0.25, 0.3) is 0 Å². The van der Waals surface area contributed by atoms with Gasteiger partial charge in [-0.05, 0) is 86.7 Å². The second-order valence-electron chi connectivity index (χ2n) is 9.73. The van der Waals surface area contributed by atoms with Crippen LogP contribution in [0.25, 0.3) is 11.0 Å². The minimum absolute atomic E-state index is 0.118. The third-order valence-corrected chi connectivity index (χ3v) is 7.59. The second kappa shape index (κ2) is 6.47. The number of carbonyl (C=O) groups excluding carboxylic acids is 1. The molecule has 4 nitrogen and oxygen atoms in total. The summed E-state index contributed by atoms with van der Waals surface area (Å²) in [4.78, 5) is 24.7. The van der Waals surface area contributed by atoms with Gasteiger partial charge in [-0.1, -0.05) is 12.1 Å². The molecule has 4 aliphatic carbocycles. The zero-order chi connectivity index (χ0) is 19.5. The zero-order valence-corrected chi connectivity index (χ0v) is 16.8. The molecule has 0 saturated heterocycles. The Morgan fingerprint density at radius 3 is 2.39 bits per heavy atom. The normalized spacial score (nSPS) is 30.7. The molecular formula is C24H28O4. The highest BCUT2D eigenvalue weighted by Crippen LogP contribution is 2.61. The van der Waals surface area contributed by atoms with E-state index in [-0.39, 0.29) is 18.0 Å². The molecule has 0 N–H and O–H groups in total. The van der Waals surface area contributed by atoms with Crippen LogP contribution >= 0.6 is 0 Å². The fourth-order valence-electron chi connectivity index (χ4n) is 6.67. The van der Waals surface area contributed by atoms with Gasteiger partial charge >= 0.3 is 11.6 Å². The molecule has 0 spiro atoms. The minimum atomic E-state index is -0.395. The highest BCUT2D eigenvalue weighted by molar-refractivity contribution is 5.84. The first-order chi connectivity index (χ1) is 13.4. The lowest BCUT2D eigenvalue weighted by Crippen LogP contribution is -2.47. The van der Waals surface area contributed by atoms with E-state index in [0.29, 0.717) is 12.0 Å². The van der Waals surface area contributed by atoms with E-state index >= 15 is 0 Å². The SMILES string of the molecule is Cc1ccc2c(COC(=O)CC34CC5CC(CC(C5)C3)C4)cc(=O)oc2c1C. The number of ether oxygens (including phenoxy) is 1. The number of hydrogen-bond donors (Lipinski definition) is 0. The Kier molecular flexibility index (Phi) is 4.15. The molecule has 1 aromatic carbocycles. The second-order valence-corrected chi connectivity index (χ2v) is 9.73. The lowest BCUT2D eigenvalue weighted by atomic mass is 9.49. The van der Waals surface area contributed by atoms with Crippen LogP contribution in [0.4, 0.5) is 0 Å². The fourth-order valence-corrected chi connectivity index (χ4v) is 6.67. The first-order valence-corrected chi connectivity index (χ1v) is 10.6. The summed E-state index contributed by atoms with van der Waals surface area (Å²) >= 11 is 0. The van der Waals surface area contributed by atoms with Gasteiger partial charge in [0.05, 0.1) is 6.42 Å². The predicted octanol–water partition coefficient (Wildman–Crippen LogP) is 5.06. The molecule has 0 amide bonds. The highest BCUT2D eigenvalue weighted by Gasteiger charge is 2.51.